The zero-order chi connectivity index (χ0) is 12.2. The number of hydrogen-bond acceptors (Lipinski definition) is 5. The molecule has 86 valence electrons. The van der Waals surface area contributed by atoms with Crippen molar-refractivity contribution >= 4 is 28.0 Å². The molecular formula is C11H11N5O. The molecule has 6 heteroatoms. The van der Waals surface area contributed by atoms with Crippen LogP contribution in [0.1, 0.15) is 5.69 Å². The van der Waals surface area contributed by atoms with Crippen molar-refractivity contribution in [3.63, 3.8) is 0 Å². The molecule has 0 radical (unpaired) electrons. The Balaban J connectivity index is 2.62. The normalized spacial score (nSPS) is 11.4. The van der Waals surface area contributed by atoms with Gasteiger partial charge in [0.05, 0.1) is 11.2 Å². The van der Waals surface area contributed by atoms with E-state index in [0.717, 1.165) is 11.2 Å². The minimum atomic E-state index is 0.0861. The van der Waals surface area contributed by atoms with Gasteiger partial charge in [0.2, 0.25) is 5.95 Å². The number of benzene rings is 1. The van der Waals surface area contributed by atoms with Crippen LogP contribution in [0.5, 0.6) is 5.75 Å². The first-order valence-electron chi connectivity index (χ1n) is 5.15. The van der Waals surface area contributed by atoms with Crippen molar-refractivity contribution in [2.75, 3.05) is 5.73 Å². The van der Waals surface area contributed by atoms with Gasteiger partial charge in [-0.15, -0.1) is 0 Å². The maximum absolute atomic E-state index is 9.91. The van der Waals surface area contributed by atoms with E-state index in [2.05, 4.69) is 15.0 Å². The van der Waals surface area contributed by atoms with Gasteiger partial charge in [-0.2, -0.15) is 0 Å². The van der Waals surface area contributed by atoms with Crippen molar-refractivity contribution in [3.8, 4) is 5.75 Å². The van der Waals surface area contributed by atoms with Gasteiger partial charge >= 0.3 is 0 Å². The molecule has 2 aromatic heterocycles. The van der Waals surface area contributed by atoms with E-state index in [-0.39, 0.29) is 5.75 Å². The molecular weight excluding hydrogens is 218 g/mol. The molecule has 0 aliphatic rings. The quantitative estimate of drug-likeness (QED) is 0.602. The fourth-order valence-corrected chi connectivity index (χ4v) is 1.90. The van der Waals surface area contributed by atoms with Gasteiger partial charge in [0.25, 0.3) is 0 Å². The highest BCUT2D eigenvalue weighted by molar-refractivity contribution is 6.04. The van der Waals surface area contributed by atoms with Crippen LogP contribution in [-0.2, 0) is 7.05 Å². The molecule has 0 spiro atoms. The van der Waals surface area contributed by atoms with Crippen LogP contribution in [0, 0.1) is 6.92 Å². The van der Waals surface area contributed by atoms with Crippen molar-refractivity contribution in [3.05, 3.63) is 18.0 Å². The zero-order valence-electron chi connectivity index (χ0n) is 9.47. The molecule has 3 aromatic rings. The molecule has 0 atom stereocenters. The highest BCUT2D eigenvalue weighted by Gasteiger charge is 2.14. The number of phenols is 1. The van der Waals surface area contributed by atoms with Crippen molar-refractivity contribution in [1.29, 1.82) is 0 Å². The van der Waals surface area contributed by atoms with Crippen LogP contribution in [0.25, 0.3) is 22.1 Å². The summed E-state index contributed by atoms with van der Waals surface area (Å²) in [5.41, 5.74) is 8.95. The first-order valence-corrected chi connectivity index (χ1v) is 5.15. The summed E-state index contributed by atoms with van der Waals surface area (Å²) < 4.78 is 1.71. The second-order valence-corrected chi connectivity index (χ2v) is 4.00. The number of phenolic OH excluding ortho intramolecular Hbond substituents is 1. The van der Waals surface area contributed by atoms with Crippen LogP contribution in [0.4, 0.5) is 5.95 Å². The maximum Gasteiger partial charge on any atom is 0.201 e. The third-order valence-electron chi connectivity index (χ3n) is 2.81. The summed E-state index contributed by atoms with van der Waals surface area (Å²) in [7, 11) is 1.79. The lowest BCUT2D eigenvalue weighted by Crippen LogP contribution is -1.96. The topological polar surface area (TPSA) is 89.9 Å². The molecule has 0 bridgehead atoms. The first-order chi connectivity index (χ1) is 8.08. The van der Waals surface area contributed by atoms with Gasteiger partial charge in [0.1, 0.15) is 22.3 Å². The summed E-state index contributed by atoms with van der Waals surface area (Å²) in [4.78, 5) is 12.8. The maximum atomic E-state index is 9.91. The number of fused-ring (bicyclic) bond motifs is 3. The molecule has 0 saturated carbocycles. The summed E-state index contributed by atoms with van der Waals surface area (Å²) in [6, 6.07) is 1.60. The van der Waals surface area contributed by atoms with Gasteiger partial charge in [-0.05, 0) is 6.92 Å². The molecule has 0 unspecified atom stereocenters. The number of nitrogens with two attached hydrogens (primary N) is 1. The Bertz CT molecular complexity index is 747. The number of aromatic hydroxyl groups is 1. The van der Waals surface area contributed by atoms with Crippen LogP contribution in [0.15, 0.2) is 12.3 Å². The Morgan fingerprint density at radius 3 is 2.76 bits per heavy atom. The number of nitrogens with zero attached hydrogens (tertiary/aromatic N) is 4. The van der Waals surface area contributed by atoms with Gasteiger partial charge < -0.3 is 15.4 Å². The van der Waals surface area contributed by atoms with Gasteiger partial charge in [0, 0.05) is 19.3 Å². The molecule has 3 rings (SSSR count). The van der Waals surface area contributed by atoms with Crippen LogP contribution in [-0.4, -0.2) is 24.6 Å². The largest absolute Gasteiger partial charge is 0.506 e. The Hall–Kier alpha value is -2.37. The van der Waals surface area contributed by atoms with Gasteiger partial charge in [-0.25, -0.2) is 15.0 Å². The number of hydrogen-bond donors (Lipinski definition) is 2. The molecule has 0 aliphatic heterocycles. The van der Waals surface area contributed by atoms with E-state index in [0.29, 0.717) is 22.5 Å². The Kier molecular flexibility index (Phi) is 1.77. The summed E-state index contributed by atoms with van der Waals surface area (Å²) in [6.45, 7) is 1.84. The number of aromatic nitrogens is 4. The molecule has 0 aliphatic carbocycles. The van der Waals surface area contributed by atoms with Crippen molar-refractivity contribution in [2.24, 2.45) is 7.05 Å². The first kappa shape index (κ1) is 9.83. The van der Waals surface area contributed by atoms with E-state index in [1.54, 1.807) is 23.9 Å². The standard InChI is InChI=1S/C11H11N5O/c1-5-4-13-9-7(17)3-6-8(10(9)14-5)15-11(12)16(6)2/h3-4,17H,1-2H3,(H2,12,15). The van der Waals surface area contributed by atoms with Gasteiger partial charge in [-0.1, -0.05) is 0 Å². The smallest absolute Gasteiger partial charge is 0.201 e. The molecule has 0 saturated heterocycles. The fourth-order valence-electron chi connectivity index (χ4n) is 1.90. The number of anilines is 1. The van der Waals surface area contributed by atoms with Crippen molar-refractivity contribution in [1.82, 2.24) is 19.5 Å². The van der Waals surface area contributed by atoms with Crippen LogP contribution < -0.4 is 5.73 Å². The molecule has 0 fully saturated rings. The third-order valence-corrected chi connectivity index (χ3v) is 2.81. The van der Waals surface area contributed by atoms with Crippen molar-refractivity contribution < 1.29 is 5.11 Å². The lowest BCUT2D eigenvalue weighted by Gasteiger charge is -2.02. The molecule has 2 heterocycles. The Labute approximate surface area is 96.7 Å². The average Bonchev–Trinajstić information content (AvgIpc) is 2.57. The van der Waals surface area contributed by atoms with E-state index in [1.165, 1.54) is 0 Å². The Morgan fingerprint density at radius 2 is 2.00 bits per heavy atom. The molecule has 1 aromatic carbocycles. The van der Waals surface area contributed by atoms with E-state index in [1.807, 2.05) is 6.92 Å². The summed E-state index contributed by atoms with van der Waals surface area (Å²) in [5.74, 6) is 0.471. The predicted molar refractivity (Wildman–Crippen MR) is 64.6 cm³/mol. The lowest BCUT2D eigenvalue weighted by atomic mass is 10.2. The molecule has 3 N–H and O–H groups in total. The second kappa shape index (κ2) is 3.07. The van der Waals surface area contributed by atoms with Crippen molar-refractivity contribution in [2.45, 2.75) is 6.92 Å². The lowest BCUT2D eigenvalue weighted by molar-refractivity contribution is 0.480. The highest BCUT2D eigenvalue weighted by atomic mass is 16.3. The van der Waals surface area contributed by atoms with Crippen LogP contribution in [0.3, 0.4) is 0 Å². The number of aryl methyl sites for hydroxylation is 2. The monoisotopic (exact) mass is 229 g/mol. The molecule has 6 nitrogen and oxygen atoms in total. The summed E-state index contributed by atoms with van der Waals surface area (Å²) >= 11 is 0. The van der Waals surface area contributed by atoms with E-state index < -0.39 is 0 Å². The van der Waals surface area contributed by atoms with E-state index >= 15 is 0 Å². The number of rotatable bonds is 0. The zero-order valence-corrected chi connectivity index (χ0v) is 9.47. The Morgan fingerprint density at radius 1 is 1.24 bits per heavy atom. The fraction of sp³-hybridized carbons (Fsp3) is 0.182. The second-order valence-electron chi connectivity index (χ2n) is 4.00. The third kappa shape index (κ3) is 1.24. The highest BCUT2D eigenvalue weighted by Crippen LogP contribution is 2.30. The minimum absolute atomic E-state index is 0.0861. The van der Waals surface area contributed by atoms with Gasteiger partial charge in [0.15, 0.2) is 0 Å². The number of imidazole rings is 1. The molecule has 0 amide bonds. The van der Waals surface area contributed by atoms with E-state index in [9.17, 15) is 5.11 Å². The van der Waals surface area contributed by atoms with Gasteiger partial charge in [-0.3, -0.25) is 0 Å². The SMILES string of the molecule is Cc1cnc2c(O)cc3c(nc(N)n3C)c2n1. The number of nitrogen functional groups attached to an aromatic ring is 1. The summed E-state index contributed by atoms with van der Waals surface area (Å²) in [5, 5.41) is 9.91. The average molecular weight is 229 g/mol. The van der Waals surface area contributed by atoms with Crippen LogP contribution in [0.2, 0.25) is 0 Å². The minimum Gasteiger partial charge on any atom is -0.506 e. The predicted octanol–water partition coefficient (Wildman–Crippen LogP) is 1.11. The van der Waals surface area contributed by atoms with Crippen LogP contribution >= 0.6 is 0 Å². The summed E-state index contributed by atoms with van der Waals surface area (Å²) in [6.07, 6.45) is 1.61. The van der Waals surface area contributed by atoms with E-state index in [4.69, 9.17) is 5.73 Å². The molecule has 17 heavy (non-hydrogen) atoms.